The zero-order chi connectivity index (χ0) is 19.2. The molecule has 1 aromatic carbocycles. The fourth-order valence-electron chi connectivity index (χ4n) is 2.91. The van der Waals surface area contributed by atoms with E-state index in [0.29, 0.717) is 17.9 Å². The van der Waals surface area contributed by atoms with Gasteiger partial charge >= 0.3 is 0 Å². The van der Waals surface area contributed by atoms with Gasteiger partial charge in [-0.3, -0.25) is 9.78 Å². The molecule has 6 nitrogen and oxygen atoms in total. The molecule has 0 aliphatic carbocycles. The average molecular weight is 361 g/mol. The molecule has 3 rings (SSSR count). The molecule has 0 unspecified atom stereocenters. The molecule has 6 heteroatoms. The lowest BCUT2D eigenvalue weighted by molar-refractivity contribution is 0.0941. The summed E-state index contributed by atoms with van der Waals surface area (Å²) in [5.41, 5.74) is 3.65. The number of carbonyl (C=O) groups excluding carboxylic acids is 1. The molecule has 1 atom stereocenters. The molecule has 0 radical (unpaired) electrons. The van der Waals surface area contributed by atoms with Crippen molar-refractivity contribution in [2.24, 2.45) is 0 Å². The molecule has 0 aliphatic heterocycles. The summed E-state index contributed by atoms with van der Waals surface area (Å²) in [7, 11) is 4.02. The van der Waals surface area contributed by atoms with E-state index in [0.717, 1.165) is 5.56 Å². The number of aryl methyl sites for hydroxylation is 1. The van der Waals surface area contributed by atoms with Crippen molar-refractivity contribution < 1.29 is 4.79 Å². The molecule has 0 saturated heterocycles. The SMILES string of the molecule is Cc1ccccc1[C@H](CNC(=O)c1cnc(-c2cccnc2)nc1)N(C)C. The summed E-state index contributed by atoms with van der Waals surface area (Å²) in [6.45, 7) is 2.58. The predicted octanol–water partition coefficient (Wildman–Crippen LogP) is 2.88. The van der Waals surface area contributed by atoms with Crippen molar-refractivity contribution in [2.75, 3.05) is 20.6 Å². The van der Waals surface area contributed by atoms with Crippen LogP contribution in [0.4, 0.5) is 0 Å². The number of rotatable bonds is 6. The maximum absolute atomic E-state index is 12.5. The van der Waals surface area contributed by atoms with E-state index in [4.69, 9.17) is 0 Å². The number of aromatic nitrogens is 3. The number of pyridine rings is 1. The van der Waals surface area contributed by atoms with Gasteiger partial charge in [0.1, 0.15) is 0 Å². The molecular weight excluding hydrogens is 338 g/mol. The molecule has 3 aromatic rings. The van der Waals surface area contributed by atoms with Crippen LogP contribution in [0.1, 0.15) is 27.5 Å². The number of likely N-dealkylation sites (N-methyl/N-ethyl adjacent to an activating group) is 1. The Morgan fingerprint density at radius 2 is 1.81 bits per heavy atom. The smallest absolute Gasteiger partial charge is 0.254 e. The molecule has 138 valence electrons. The Kier molecular flexibility index (Phi) is 5.88. The molecule has 0 fully saturated rings. The van der Waals surface area contributed by atoms with Crippen LogP contribution in [0.3, 0.4) is 0 Å². The van der Waals surface area contributed by atoms with Gasteiger partial charge in [0.2, 0.25) is 0 Å². The second-order valence-corrected chi connectivity index (χ2v) is 6.58. The van der Waals surface area contributed by atoms with E-state index in [1.54, 1.807) is 24.8 Å². The van der Waals surface area contributed by atoms with Crippen LogP contribution in [0.2, 0.25) is 0 Å². The molecule has 1 N–H and O–H groups in total. The monoisotopic (exact) mass is 361 g/mol. The molecule has 1 amide bonds. The Bertz CT molecular complexity index is 894. The van der Waals surface area contributed by atoms with E-state index in [2.05, 4.69) is 44.2 Å². The standard InChI is InChI=1S/C21H23N5O/c1-15-7-4-5-9-18(15)19(26(2)3)14-25-21(27)17-12-23-20(24-13-17)16-8-6-10-22-11-16/h4-13,19H,14H2,1-3H3,(H,25,27)/t19-/m0/s1. The quantitative estimate of drug-likeness (QED) is 0.731. The van der Waals surface area contributed by atoms with Gasteiger partial charge in [-0.2, -0.15) is 0 Å². The maximum atomic E-state index is 12.5. The fraction of sp³-hybridized carbons (Fsp3) is 0.238. The summed E-state index contributed by atoms with van der Waals surface area (Å²) in [4.78, 5) is 27.2. The van der Waals surface area contributed by atoms with Gasteiger partial charge in [-0.15, -0.1) is 0 Å². The van der Waals surface area contributed by atoms with Gasteiger partial charge in [-0.05, 0) is 44.3 Å². The van der Waals surface area contributed by atoms with Crippen LogP contribution < -0.4 is 5.32 Å². The van der Waals surface area contributed by atoms with Gasteiger partial charge in [-0.25, -0.2) is 9.97 Å². The van der Waals surface area contributed by atoms with E-state index in [9.17, 15) is 4.79 Å². The first-order chi connectivity index (χ1) is 13.1. The highest BCUT2D eigenvalue weighted by atomic mass is 16.1. The minimum atomic E-state index is -0.187. The van der Waals surface area contributed by atoms with Gasteiger partial charge in [0, 0.05) is 36.9 Å². The minimum absolute atomic E-state index is 0.0886. The van der Waals surface area contributed by atoms with E-state index >= 15 is 0 Å². The lowest BCUT2D eigenvalue weighted by Crippen LogP contribution is -2.35. The highest BCUT2D eigenvalue weighted by Crippen LogP contribution is 2.21. The first kappa shape index (κ1) is 18.7. The Labute approximate surface area is 159 Å². The lowest BCUT2D eigenvalue weighted by atomic mass is 10.0. The second-order valence-electron chi connectivity index (χ2n) is 6.58. The number of carbonyl (C=O) groups is 1. The van der Waals surface area contributed by atoms with Crippen molar-refractivity contribution in [3.63, 3.8) is 0 Å². The van der Waals surface area contributed by atoms with E-state index in [1.807, 2.05) is 38.4 Å². The predicted molar refractivity (Wildman–Crippen MR) is 105 cm³/mol. The van der Waals surface area contributed by atoms with Crippen molar-refractivity contribution in [1.29, 1.82) is 0 Å². The summed E-state index contributed by atoms with van der Waals surface area (Å²) in [6, 6.07) is 12.0. The summed E-state index contributed by atoms with van der Waals surface area (Å²) < 4.78 is 0. The highest BCUT2D eigenvalue weighted by molar-refractivity contribution is 5.93. The van der Waals surface area contributed by atoms with Crippen molar-refractivity contribution in [2.45, 2.75) is 13.0 Å². The van der Waals surface area contributed by atoms with Crippen LogP contribution in [0.15, 0.2) is 61.2 Å². The van der Waals surface area contributed by atoms with Crippen molar-refractivity contribution in [3.05, 3.63) is 77.9 Å². The van der Waals surface area contributed by atoms with Gasteiger partial charge in [0.05, 0.1) is 11.6 Å². The number of benzene rings is 1. The Morgan fingerprint density at radius 1 is 1.07 bits per heavy atom. The summed E-state index contributed by atoms with van der Waals surface area (Å²) in [5.74, 6) is 0.360. The Balaban J connectivity index is 1.68. The largest absolute Gasteiger partial charge is 0.350 e. The third-order valence-electron chi connectivity index (χ3n) is 4.46. The van der Waals surface area contributed by atoms with Gasteiger partial charge in [-0.1, -0.05) is 24.3 Å². The van der Waals surface area contributed by atoms with Crippen LogP contribution in [-0.2, 0) is 0 Å². The summed E-state index contributed by atoms with van der Waals surface area (Å²) in [5, 5.41) is 2.99. The van der Waals surface area contributed by atoms with E-state index < -0.39 is 0 Å². The minimum Gasteiger partial charge on any atom is -0.350 e. The Morgan fingerprint density at radius 3 is 2.44 bits per heavy atom. The van der Waals surface area contributed by atoms with Crippen molar-refractivity contribution in [1.82, 2.24) is 25.2 Å². The van der Waals surface area contributed by atoms with Crippen LogP contribution in [0, 0.1) is 6.92 Å². The molecule has 0 bridgehead atoms. The van der Waals surface area contributed by atoms with Crippen molar-refractivity contribution >= 4 is 5.91 Å². The van der Waals surface area contributed by atoms with Gasteiger partial charge in [0.15, 0.2) is 5.82 Å². The lowest BCUT2D eigenvalue weighted by Gasteiger charge is -2.26. The topological polar surface area (TPSA) is 71.0 Å². The fourth-order valence-corrected chi connectivity index (χ4v) is 2.91. The molecule has 0 saturated carbocycles. The van der Waals surface area contributed by atoms with Gasteiger partial charge in [0.25, 0.3) is 5.91 Å². The third-order valence-corrected chi connectivity index (χ3v) is 4.46. The molecular formula is C21H23N5O. The van der Waals surface area contributed by atoms with Crippen LogP contribution in [-0.4, -0.2) is 46.4 Å². The van der Waals surface area contributed by atoms with E-state index in [-0.39, 0.29) is 11.9 Å². The molecule has 27 heavy (non-hydrogen) atoms. The number of hydrogen-bond donors (Lipinski definition) is 1. The van der Waals surface area contributed by atoms with Gasteiger partial charge < -0.3 is 10.2 Å². The zero-order valence-corrected chi connectivity index (χ0v) is 15.8. The third kappa shape index (κ3) is 4.54. The highest BCUT2D eigenvalue weighted by Gasteiger charge is 2.17. The first-order valence-corrected chi connectivity index (χ1v) is 8.79. The molecule has 2 heterocycles. The van der Waals surface area contributed by atoms with E-state index in [1.165, 1.54) is 11.1 Å². The van der Waals surface area contributed by atoms with Crippen LogP contribution in [0.5, 0.6) is 0 Å². The van der Waals surface area contributed by atoms with Crippen LogP contribution >= 0.6 is 0 Å². The Hall–Kier alpha value is -3.12. The number of nitrogens with zero attached hydrogens (tertiary/aromatic N) is 4. The number of nitrogens with one attached hydrogen (secondary N) is 1. The maximum Gasteiger partial charge on any atom is 0.254 e. The molecule has 0 aliphatic rings. The molecule has 0 spiro atoms. The second kappa shape index (κ2) is 8.51. The summed E-state index contributed by atoms with van der Waals surface area (Å²) in [6.07, 6.45) is 6.48. The number of amides is 1. The number of hydrogen-bond acceptors (Lipinski definition) is 5. The molecule has 2 aromatic heterocycles. The summed E-state index contributed by atoms with van der Waals surface area (Å²) >= 11 is 0. The van der Waals surface area contributed by atoms with Crippen molar-refractivity contribution in [3.8, 4) is 11.4 Å². The first-order valence-electron chi connectivity index (χ1n) is 8.79. The zero-order valence-electron chi connectivity index (χ0n) is 15.8. The average Bonchev–Trinajstić information content (AvgIpc) is 2.70. The van der Waals surface area contributed by atoms with Crippen LogP contribution in [0.25, 0.3) is 11.4 Å². The normalized spacial score (nSPS) is 12.0.